The Morgan fingerprint density at radius 2 is 1.79 bits per heavy atom. The summed E-state index contributed by atoms with van der Waals surface area (Å²) in [7, 11) is 0. The Balaban J connectivity index is 1.49. The number of aryl methyl sites for hydroxylation is 1. The normalized spacial score (nSPS) is 11.2. The van der Waals surface area contributed by atoms with E-state index >= 15 is 0 Å². The fourth-order valence-corrected chi connectivity index (χ4v) is 3.53. The van der Waals surface area contributed by atoms with Crippen LogP contribution in [0.5, 0.6) is 0 Å². The maximum Gasteiger partial charge on any atom is 0.123 e. The molecular weight excluding hydrogens is 365 g/mol. The minimum absolute atomic E-state index is 0.193. The second-order valence-corrected chi connectivity index (χ2v) is 7.07. The van der Waals surface area contributed by atoms with Crippen LogP contribution in [0.15, 0.2) is 85.8 Å². The summed E-state index contributed by atoms with van der Waals surface area (Å²) < 4.78 is 17.9. The SMILES string of the molecule is Fc1cccc(CN(CCCn2ccnc2)Cc2cccn2-c2ccncc2)c1. The summed E-state index contributed by atoms with van der Waals surface area (Å²) in [5.41, 5.74) is 3.26. The van der Waals surface area contributed by atoms with Crippen LogP contribution in [0.1, 0.15) is 17.7 Å². The van der Waals surface area contributed by atoms with E-state index in [1.165, 1.54) is 11.8 Å². The van der Waals surface area contributed by atoms with Crippen molar-refractivity contribution in [1.82, 2.24) is 24.0 Å². The summed E-state index contributed by atoms with van der Waals surface area (Å²) in [6, 6.07) is 15.0. The standard InChI is InChI=1S/C23H24FN5/c24-21-5-1-4-20(16-21)17-28(13-3-12-27-15-11-26-19-27)18-23-6-2-14-29(23)22-7-9-25-10-8-22/h1-2,4-11,14-16,19H,3,12-13,17-18H2. The summed E-state index contributed by atoms with van der Waals surface area (Å²) >= 11 is 0. The van der Waals surface area contributed by atoms with Gasteiger partial charge >= 0.3 is 0 Å². The summed E-state index contributed by atoms with van der Waals surface area (Å²) in [4.78, 5) is 10.6. The molecule has 0 saturated heterocycles. The highest BCUT2D eigenvalue weighted by Crippen LogP contribution is 2.16. The Morgan fingerprint density at radius 3 is 2.59 bits per heavy atom. The van der Waals surface area contributed by atoms with Crippen molar-refractivity contribution < 1.29 is 4.39 Å². The second-order valence-electron chi connectivity index (χ2n) is 7.07. The molecule has 3 aromatic heterocycles. The molecule has 4 aromatic rings. The van der Waals surface area contributed by atoms with Crippen LogP contribution in [-0.4, -0.2) is 30.5 Å². The van der Waals surface area contributed by atoms with Gasteiger partial charge in [0.25, 0.3) is 0 Å². The van der Waals surface area contributed by atoms with E-state index < -0.39 is 0 Å². The fraction of sp³-hybridized carbons (Fsp3) is 0.217. The Kier molecular flexibility index (Phi) is 6.12. The smallest absolute Gasteiger partial charge is 0.123 e. The van der Waals surface area contributed by atoms with E-state index in [1.807, 2.05) is 30.7 Å². The molecule has 4 rings (SSSR count). The molecular formula is C23H24FN5. The molecule has 0 bridgehead atoms. The van der Waals surface area contributed by atoms with Crippen LogP contribution in [0.25, 0.3) is 5.69 Å². The summed E-state index contributed by atoms with van der Waals surface area (Å²) in [5.74, 6) is -0.193. The van der Waals surface area contributed by atoms with Crippen molar-refractivity contribution in [2.75, 3.05) is 6.54 Å². The Hall–Kier alpha value is -3.25. The van der Waals surface area contributed by atoms with Gasteiger partial charge in [-0.15, -0.1) is 0 Å². The van der Waals surface area contributed by atoms with E-state index in [1.54, 1.807) is 30.7 Å². The molecule has 0 radical (unpaired) electrons. The number of nitrogens with zero attached hydrogens (tertiary/aromatic N) is 5. The molecule has 6 heteroatoms. The largest absolute Gasteiger partial charge is 0.337 e. The molecule has 0 N–H and O–H groups in total. The topological polar surface area (TPSA) is 38.9 Å². The molecule has 29 heavy (non-hydrogen) atoms. The first-order valence-corrected chi connectivity index (χ1v) is 9.77. The zero-order valence-corrected chi connectivity index (χ0v) is 16.2. The summed E-state index contributed by atoms with van der Waals surface area (Å²) in [5, 5.41) is 0. The average molecular weight is 389 g/mol. The lowest BCUT2D eigenvalue weighted by atomic mass is 10.2. The first-order valence-electron chi connectivity index (χ1n) is 9.77. The van der Waals surface area contributed by atoms with Gasteiger partial charge in [-0.25, -0.2) is 9.37 Å². The van der Waals surface area contributed by atoms with Crippen molar-refractivity contribution in [1.29, 1.82) is 0 Å². The molecule has 0 amide bonds. The van der Waals surface area contributed by atoms with Gasteiger partial charge in [0.1, 0.15) is 5.82 Å². The number of imidazole rings is 1. The highest BCUT2D eigenvalue weighted by atomic mass is 19.1. The van der Waals surface area contributed by atoms with E-state index in [-0.39, 0.29) is 5.82 Å². The van der Waals surface area contributed by atoms with Crippen LogP contribution in [-0.2, 0) is 19.6 Å². The van der Waals surface area contributed by atoms with Gasteiger partial charge in [0.05, 0.1) is 6.33 Å². The first-order chi connectivity index (χ1) is 14.3. The Morgan fingerprint density at radius 1 is 0.897 bits per heavy atom. The molecule has 5 nitrogen and oxygen atoms in total. The molecule has 0 unspecified atom stereocenters. The third-order valence-corrected chi connectivity index (χ3v) is 4.90. The summed E-state index contributed by atoms with van der Waals surface area (Å²) in [6.45, 7) is 3.28. The lowest BCUT2D eigenvalue weighted by Crippen LogP contribution is -2.26. The van der Waals surface area contributed by atoms with Crippen LogP contribution in [0.3, 0.4) is 0 Å². The Bertz CT molecular complexity index is 1010. The maximum atomic E-state index is 13.7. The highest BCUT2D eigenvalue weighted by molar-refractivity contribution is 5.33. The van der Waals surface area contributed by atoms with E-state index in [9.17, 15) is 4.39 Å². The minimum Gasteiger partial charge on any atom is -0.337 e. The first kappa shape index (κ1) is 19.1. The van der Waals surface area contributed by atoms with Gasteiger partial charge in [0, 0.05) is 68.5 Å². The van der Waals surface area contributed by atoms with E-state index in [2.05, 4.69) is 42.3 Å². The molecule has 0 spiro atoms. The van der Waals surface area contributed by atoms with E-state index in [4.69, 9.17) is 0 Å². The lowest BCUT2D eigenvalue weighted by molar-refractivity contribution is 0.244. The van der Waals surface area contributed by atoms with Gasteiger partial charge in [-0.1, -0.05) is 12.1 Å². The van der Waals surface area contributed by atoms with Crippen molar-refractivity contribution in [2.45, 2.75) is 26.1 Å². The molecule has 0 saturated carbocycles. The lowest BCUT2D eigenvalue weighted by Gasteiger charge is -2.23. The molecule has 3 heterocycles. The zero-order valence-electron chi connectivity index (χ0n) is 16.2. The van der Waals surface area contributed by atoms with Crippen molar-refractivity contribution >= 4 is 0 Å². The average Bonchev–Trinajstić information content (AvgIpc) is 3.41. The third kappa shape index (κ3) is 5.18. The number of rotatable bonds is 9. The molecule has 148 valence electrons. The molecule has 0 aliphatic rings. The molecule has 0 aliphatic carbocycles. The fourth-order valence-electron chi connectivity index (χ4n) is 3.53. The van der Waals surface area contributed by atoms with Crippen molar-refractivity contribution in [3.63, 3.8) is 0 Å². The summed E-state index contributed by atoms with van der Waals surface area (Å²) in [6.07, 6.45) is 12.3. The van der Waals surface area contributed by atoms with Gasteiger partial charge in [-0.3, -0.25) is 9.88 Å². The number of aromatic nitrogens is 4. The molecule has 0 aliphatic heterocycles. The van der Waals surface area contributed by atoms with Gasteiger partial charge in [-0.05, 0) is 48.4 Å². The van der Waals surface area contributed by atoms with Crippen molar-refractivity contribution in [3.8, 4) is 5.69 Å². The van der Waals surface area contributed by atoms with Crippen LogP contribution in [0.4, 0.5) is 4.39 Å². The highest BCUT2D eigenvalue weighted by Gasteiger charge is 2.11. The van der Waals surface area contributed by atoms with Crippen LogP contribution in [0.2, 0.25) is 0 Å². The second kappa shape index (κ2) is 9.30. The van der Waals surface area contributed by atoms with Crippen LogP contribution >= 0.6 is 0 Å². The monoisotopic (exact) mass is 389 g/mol. The predicted molar refractivity (Wildman–Crippen MR) is 111 cm³/mol. The van der Waals surface area contributed by atoms with Crippen LogP contribution in [0, 0.1) is 5.82 Å². The number of halogens is 1. The Labute approximate surface area is 170 Å². The van der Waals surface area contributed by atoms with E-state index in [0.29, 0.717) is 6.54 Å². The number of benzene rings is 1. The van der Waals surface area contributed by atoms with Gasteiger partial charge in [0.2, 0.25) is 0 Å². The molecule has 1 aromatic carbocycles. The van der Waals surface area contributed by atoms with Crippen molar-refractivity contribution in [3.05, 3.63) is 103 Å². The quantitative estimate of drug-likeness (QED) is 0.428. The van der Waals surface area contributed by atoms with Gasteiger partial charge in [-0.2, -0.15) is 0 Å². The van der Waals surface area contributed by atoms with Crippen LogP contribution < -0.4 is 0 Å². The molecule has 0 fully saturated rings. The van der Waals surface area contributed by atoms with Crippen molar-refractivity contribution in [2.24, 2.45) is 0 Å². The number of hydrogen-bond donors (Lipinski definition) is 0. The number of hydrogen-bond acceptors (Lipinski definition) is 3. The predicted octanol–water partition coefficient (Wildman–Crippen LogP) is 4.30. The third-order valence-electron chi connectivity index (χ3n) is 4.90. The van der Waals surface area contributed by atoms with Gasteiger partial charge < -0.3 is 9.13 Å². The number of pyridine rings is 1. The minimum atomic E-state index is -0.193. The molecule has 0 atom stereocenters. The maximum absolute atomic E-state index is 13.7. The van der Waals surface area contributed by atoms with E-state index in [0.717, 1.165) is 37.3 Å². The van der Waals surface area contributed by atoms with Gasteiger partial charge in [0.15, 0.2) is 0 Å². The zero-order chi connectivity index (χ0) is 19.9.